The molecule has 0 aliphatic carbocycles. The molecule has 28 heavy (non-hydrogen) atoms. The fourth-order valence-corrected chi connectivity index (χ4v) is 2.39. The number of rotatable bonds is 4. The Morgan fingerprint density at radius 1 is 1.21 bits per heavy atom. The molecule has 0 spiro atoms. The van der Waals surface area contributed by atoms with Crippen LogP contribution < -0.4 is 10.6 Å². The molecule has 2 aromatic rings. The maximum absolute atomic E-state index is 12.8. The fourth-order valence-electron chi connectivity index (χ4n) is 2.02. The number of nitrogens with zero attached hydrogens (tertiary/aromatic N) is 1. The topological polar surface area (TPSA) is 84.3 Å². The van der Waals surface area contributed by atoms with Gasteiger partial charge in [0.1, 0.15) is 0 Å². The van der Waals surface area contributed by atoms with Gasteiger partial charge < -0.3 is 5.32 Å². The summed E-state index contributed by atoms with van der Waals surface area (Å²) in [6, 6.07) is 8.21. The molecule has 2 aromatic carbocycles. The van der Waals surface area contributed by atoms with E-state index in [9.17, 15) is 28.1 Å². The first-order chi connectivity index (χ1) is 13.1. The second-order valence-corrected chi connectivity index (χ2v) is 6.14. The van der Waals surface area contributed by atoms with Gasteiger partial charge >= 0.3 is 6.18 Å². The predicted molar refractivity (Wildman–Crippen MR) is 103 cm³/mol. The minimum absolute atomic E-state index is 0.0169. The molecular weight excluding hydrogens is 419 g/mol. The van der Waals surface area contributed by atoms with E-state index in [4.69, 9.17) is 23.8 Å². The first kappa shape index (κ1) is 21.3. The van der Waals surface area contributed by atoms with Crippen molar-refractivity contribution in [3.8, 4) is 0 Å². The summed E-state index contributed by atoms with van der Waals surface area (Å²) in [4.78, 5) is 22.0. The van der Waals surface area contributed by atoms with E-state index >= 15 is 0 Å². The van der Waals surface area contributed by atoms with Crippen LogP contribution in [0.15, 0.2) is 48.5 Å². The molecule has 0 unspecified atom stereocenters. The second-order valence-electron chi connectivity index (χ2n) is 5.32. The quantitative estimate of drug-likeness (QED) is 0.316. The van der Waals surface area contributed by atoms with Gasteiger partial charge in [-0.15, -0.1) is 0 Å². The average Bonchev–Trinajstić information content (AvgIpc) is 2.61. The highest BCUT2D eigenvalue weighted by atomic mass is 35.5. The lowest BCUT2D eigenvalue weighted by Crippen LogP contribution is -2.33. The molecule has 146 valence electrons. The van der Waals surface area contributed by atoms with Crippen molar-refractivity contribution in [3.05, 3.63) is 74.8 Å². The Labute approximate surface area is 167 Å². The number of nitro benzene ring substituents is 1. The van der Waals surface area contributed by atoms with Gasteiger partial charge in [0.15, 0.2) is 5.11 Å². The first-order valence-corrected chi connectivity index (χ1v) is 8.26. The normalized spacial score (nSPS) is 11.3. The lowest BCUT2D eigenvalue weighted by Gasteiger charge is -2.13. The van der Waals surface area contributed by atoms with Gasteiger partial charge in [-0.3, -0.25) is 20.2 Å². The van der Waals surface area contributed by atoms with Crippen molar-refractivity contribution in [3.63, 3.8) is 0 Å². The minimum atomic E-state index is -4.56. The largest absolute Gasteiger partial charge is 0.416 e. The van der Waals surface area contributed by atoms with Crippen molar-refractivity contribution >= 4 is 52.3 Å². The number of halogens is 4. The Hall–Kier alpha value is -2.98. The maximum Gasteiger partial charge on any atom is 0.416 e. The van der Waals surface area contributed by atoms with Crippen LogP contribution in [0.3, 0.4) is 0 Å². The van der Waals surface area contributed by atoms with Crippen LogP contribution in [0, 0.1) is 10.1 Å². The minimum Gasteiger partial charge on any atom is -0.331 e. The first-order valence-electron chi connectivity index (χ1n) is 7.47. The van der Waals surface area contributed by atoms with Crippen molar-refractivity contribution in [1.82, 2.24) is 5.32 Å². The van der Waals surface area contributed by atoms with E-state index in [0.29, 0.717) is 5.56 Å². The number of nitrogens with one attached hydrogen (secondary N) is 2. The summed E-state index contributed by atoms with van der Waals surface area (Å²) in [5.74, 6) is -0.688. The van der Waals surface area contributed by atoms with Crippen LogP contribution in [0.25, 0.3) is 6.08 Å². The molecule has 0 aromatic heterocycles. The molecule has 0 bridgehead atoms. The third-order valence-corrected chi connectivity index (χ3v) is 3.82. The number of hydrogen-bond donors (Lipinski definition) is 2. The molecule has 0 radical (unpaired) electrons. The van der Waals surface area contributed by atoms with Crippen LogP contribution in [0.4, 0.5) is 24.5 Å². The Bertz CT molecular complexity index is 964. The predicted octanol–water partition coefficient (Wildman–Crippen LogP) is 4.79. The molecule has 0 saturated carbocycles. The third-order valence-electron chi connectivity index (χ3n) is 3.29. The van der Waals surface area contributed by atoms with Gasteiger partial charge in [0.25, 0.3) is 5.69 Å². The van der Waals surface area contributed by atoms with Gasteiger partial charge in [-0.05, 0) is 42.1 Å². The highest BCUT2D eigenvalue weighted by Crippen LogP contribution is 2.33. The van der Waals surface area contributed by atoms with E-state index in [1.54, 1.807) is 6.07 Å². The van der Waals surface area contributed by atoms with E-state index in [-0.39, 0.29) is 21.5 Å². The highest BCUT2D eigenvalue weighted by molar-refractivity contribution is 7.80. The average molecular weight is 430 g/mol. The van der Waals surface area contributed by atoms with Crippen molar-refractivity contribution < 1.29 is 22.9 Å². The van der Waals surface area contributed by atoms with Gasteiger partial charge in [0.2, 0.25) is 5.91 Å². The van der Waals surface area contributed by atoms with Crippen LogP contribution >= 0.6 is 23.8 Å². The standard InChI is InChI=1S/C17H11ClF3N3O3S/c18-13-6-5-11(17(19,20)21)9-14(13)22-16(28)23-15(25)7-4-10-2-1-3-12(8-10)24(26)27/h1-9H,(H2,22,23,25,28)/b7-4+. The Kier molecular flexibility index (Phi) is 6.71. The number of carbonyl (C=O) groups is 1. The molecule has 1 amide bonds. The molecule has 0 aliphatic rings. The summed E-state index contributed by atoms with van der Waals surface area (Å²) < 4.78 is 38.3. The summed E-state index contributed by atoms with van der Waals surface area (Å²) in [5, 5.41) is 15.1. The molecule has 0 aliphatic heterocycles. The Morgan fingerprint density at radius 2 is 1.93 bits per heavy atom. The number of hydrogen-bond acceptors (Lipinski definition) is 4. The number of non-ortho nitro benzene ring substituents is 1. The number of alkyl halides is 3. The molecule has 6 nitrogen and oxygen atoms in total. The molecule has 0 heterocycles. The fraction of sp³-hybridized carbons (Fsp3) is 0.0588. The zero-order valence-corrected chi connectivity index (χ0v) is 15.4. The number of carbonyl (C=O) groups excluding carboxylic acids is 1. The number of thiocarbonyl (C=S) groups is 1. The smallest absolute Gasteiger partial charge is 0.331 e. The van der Waals surface area contributed by atoms with Crippen molar-refractivity contribution in [2.75, 3.05) is 5.32 Å². The van der Waals surface area contributed by atoms with Crippen LogP contribution in [0.1, 0.15) is 11.1 Å². The van der Waals surface area contributed by atoms with Crippen LogP contribution in [0.5, 0.6) is 0 Å². The molecule has 0 saturated heterocycles. The van der Waals surface area contributed by atoms with E-state index < -0.39 is 22.6 Å². The van der Waals surface area contributed by atoms with Crippen LogP contribution in [-0.2, 0) is 11.0 Å². The molecule has 0 atom stereocenters. The van der Waals surface area contributed by atoms with E-state index in [2.05, 4.69) is 10.6 Å². The van der Waals surface area contributed by atoms with Crippen molar-refractivity contribution in [1.29, 1.82) is 0 Å². The summed E-state index contributed by atoms with van der Waals surface area (Å²) in [5.41, 5.74) is -0.786. The lowest BCUT2D eigenvalue weighted by atomic mass is 10.2. The number of nitro groups is 1. The van der Waals surface area contributed by atoms with E-state index in [0.717, 1.165) is 24.3 Å². The zero-order chi connectivity index (χ0) is 20.9. The van der Waals surface area contributed by atoms with Gasteiger partial charge in [-0.2, -0.15) is 13.2 Å². The van der Waals surface area contributed by atoms with E-state index in [1.807, 2.05) is 0 Å². The SMILES string of the molecule is O=C(/C=C/c1cccc([N+](=O)[O-])c1)NC(=S)Nc1cc(C(F)(F)F)ccc1Cl. The monoisotopic (exact) mass is 429 g/mol. The maximum atomic E-state index is 12.8. The van der Waals surface area contributed by atoms with Crippen LogP contribution in [-0.4, -0.2) is 15.9 Å². The van der Waals surface area contributed by atoms with Gasteiger partial charge in [0.05, 0.1) is 21.2 Å². The summed E-state index contributed by atoms with van der Waals surface area (Å²) in [6.07, 6.45) is -2.17. The highest BCUT2D eigenvalue weighted by Gasteiger charge is 2.31. The Morgan fingerprint density at radius 3 is 2.57 bits per heavy atom. The summed E-state index contributed by atoms with van der Waals surface area (Å²) in [7, 11) is 0. The summed E-state index contributed by atoms with van der Waals surface area (Å²) >= 11 is 10.7. The van der Waals surface area contributed by atoms with Gasteiger partial charge in [0, 0.05) is 18.2 Å². The molecule has 2 N–H and O–H groups in total. The second kappa shape index (κ2) is 8.81. The van der Waals surface area contributed by atoms with E-state index in [1.165, 1.54) is 24.3 Å². The van der Waals surface area contributed by atoms with Crippen molar-refractivity contribution in [2.45, 2.75) is 6.18 Å². The molecule has 0 fully saturated rings. The third kappa shape index (κ3) is 6.03. The van der Waals surface area contributed by atoms with Gasteiger partial charge in [-0.25, -0.2) is 0 Å². The molecule has 11 heteroatoms. The number of amides is 1. The molecular formula is C17H11ClF3N3O3S. The molecule has 2 rings (SSSR count). The summed E-state index contributed by atoms with van der Waals surface area (Å²) in [6.45, 7) is 0. The van der Waals surface area contributed by atoms with Crippen LogP contribution in [0.2, 0.25) is 5.02 Å². The number of benzene rings is 2. The Balaban J connectivity index is 2.02. The zero-order valence-electron chi connectivity index (χ0n) is 13.8. The number of anilines is 1. The lowest BCUT2D eigenvalue weighted by molar-refractivity contribution is -0.384. The van der Waals surface area contributed by atoms with Gasteiger partial charge in [-0.1, -0.05) is 23.7 Å². The van der Waals surface area contributed by atoms with Crippen molar-refractivity contribution in [2.24, 2.45) is 0 Å².